The molecule has 1 rings (SSSR count). The number of nitrogens with zero attached hydrogens (tertiary/aromatic N) is 1. The minimum absolute atomic E-state index is 0.257. The monoisotopic (exact) mass is 219 g/mol. The number of hydrogen-bond donors (Lipinski definition) is 0. The van der Waals surface area contributed by atoms with E-state index >= 15 is 0 Å². The predicted octanol–water partition coefficient (Wildman–Crippen LogP) is 3.05. The minimum atomic E-state index is 0.257. The Hall–Kier alpha value is -1.31. The lowest BCUT2D eigenvalue weighted by molar-refractivity contribution is -0.116. The number of Topliss-reactive ketones (excluding diaryl/α,β-unsaturated/α-hetero) is 1. The van der Waals surface area contributed by atoms with Gasteiger partial charge in [-0.25, -0.2) is 0 Å². The molecule has 1 aromatic rings. The molecule has 0 atom stereocenters. The van der Waals surface area contributed by atoms with Crippen LogP contribution in [-0.4, -0.2) is 18.9 Å². The molecule has 0 aliphatic heterocycles. The molecule has 0 unspecified atom stereocenters. The standard InChI is InChI=1S/C14H21NO/c1-4-15(5-2)14-10-8-13(9-11-14)7-6-12(3)16/h8-11H,4-7H2,1-3H3. The first-order valence-electron chi connectivity index (χ1n) is 6.00. The first-order valence-corrected chi connectivity index (χ1v) is 6.00. The highest BCUT2D eigenvalue weighted by Crippen LogP contribution is 2.15. The number of carbonyl (C=O) groups is 1. The molecule has 0 saturated carbocycles. The molecule has 0 aromatic heterocycles. The zero-order valence-corrected chi connectivity index (χ0v) is 10.5. The summed E-state index contributed by atoms with van der Waals surface area (Å²) in [5, 5.41) is 0. The number of anilines is 1. The highest BCUT2D eigenvalue weighted by atomic mass is 16.1. The average molecular weight is 219 g/mol. The molecular formula is C14H21NO. The summed E-state index contributed by atoms with van der Waals surface area (Å²) in [6.07, 6.45) is 1.50. The topological polar surface area (TPSA) is 20.3 Å². The summed E-state index contributed by atoms with van der Waals surface area (Å²) in [6, 6.07) is 8.53. The SMILES string of the molecule is CCN(CC)c1ccc(CCC(C)=O)cc1. The van der Waals surface area contributed by atoms with Gasteiger partial charge in [0.25, 0.3) is 0 Å². The van der Waals surface area contributed by atoms with Gasteiger partial charge in [-0.15, -0.1) is 0 Å². The highest BCUT2D eigenvalue weighted by molar-refractivity contribution is 5.75. The van der Waals surface area contributed by atoms with Crippen molar-refractivity contribution >= 4 is 11.5 Å². The molecule has 0 fully saturated rings. The van der Waals surface area contributed by atoms with Gasteiger partial charge < -0.3 is 9.69 Å². The highest BCUT2D eigenvalue weighted by Gasteiger charge is 2.01. The van der Waals surface area contributed by atoms with E-state index in [1.54, 1.807) is 6.92 Å². The Morgan fingerprint density at radius 1 is 1.12 bits per heavy atom. The fraction of sp³-hybridized carbons (Fsp3) is 0.500. The summed E-state index contributed by atoms with van der Waals surface area (Å²) in [4.78, 5) is 13.2. The van der Waals surface area contributed by atoms with Gasteiger partial charge in [0.1, 0.15) is 5.78 Å². The molecule has 0 N–H and O–H groups in total. The summed E-state index contributed by atoms with van der Waals surface area (Å²) in [7, 11) is 0. The molecule has 2 heteroatoms. The second kappa shape index (κ2) is 6.31. The summed E-state index contributed by atoms with van der Waals surface area (Å²) in [5.74, 6) is 0.257. The number of carbonyl (C=O) groups excluding carboxylic acids is 1. The van der Waals surface area contributed by atoms with E-state index in [1.165, 1.54) is 11.3 Å². The van der Waals surface area contributed by atoms with Crippen molar-refractivity contribution in [1.82, 2.24) is 0 Å². The van der Waals surface area contributed by atoms with Crippen molar-refractivity contribution in [3.8, 4) is 0 Å². The van der Waals surface area contributed by atoms with Crippen LogP contribution >= 0.6 is 0 Å². The molecule has 0 aliphatic rings. The van der Waals surface area contributed by atoms with E-state index in [1.807, 2.05) is 0 Å². The van der Waals surface area contributed by atoms with Crippen molar-refractivity contribution in [2.75, 3.05) is 18.0 Å². The van der Waals surface area contributed by atoms with Gasteiger partial charge in [-0.1, -0.05) is 12.1 Å². The van der Waals surface area contributed by atoms with E-state index in [-0.39, 0.29) is 5.78 Å². The molecule has 16 heavy (non-hydrogen) atoms. The Balaban J connectivity index is 2.63. The fourth-order valence-corrected chi connectivity index (χ4v) is 1.78. The van der Waals surface area contributed by atoms with E-state index in [0.717, 1.165) is 19.5 Å². The molecule has 0 spiro atoms. The van der Waals surface area contributed by atoms with Crippen LogP contribution in [0.15, 0.2) is 24.3 Å². The summed E-state index contributed by atoms with van der Waals surface area (Å²) < 4.78 is 0. The fourth-order valence-electron chi connectivity index (χ4n) is 1.78. The normalized spacial score (nSPS) is 10.2. The molecule has 1 aromatic carbocycles. The lowest BCUT2D eigenvalue weighted by atomic mass is 10.1. The molecule has 2 nitrogen and oxygen atoms in total. The Kier molecular flexibility index (Phi) is 5.03. The second-order valence-corrected chi connectivity index (χ2v) is 4.04. The van der Waals surface area contributed by atoms with E-state index < -0.39 is 0 Å². The van der Waals surface area contributed by atoms with Crippen molar-refractivity contribution in [3.05, 3.63) is 29.8 Å². The van der Waals surface area contributed by atoms with Crippen LogP contribution in [0.4, 0.5) is 5.69 Å². The molecule has 0 amide bonds. The molecule has 0 saturated heterocycles. The largest absolute Gasteiger partial charge is 0.372 e. The van der Waals surface area contributed by atoms with Gasteiger partial charge in [-0.05, 0) is 44.9 Å². The van der Waals surface area contributed by atoms with Gasteiger partial charge in [-0.3, -0.25) is 0 Å². The van der Waals surface area contributed by atoms with Crippen LogP contribution in [-0.2, 0) is 11.2 Å². The van der Waals surface area contributed by atoms with Crippen molar-refractivity contribution < 1.29 is 4.79 Å². The van der Waals surface area contributed by atoms with Crippen LogP contribution < -0.4 is 4.90 Å². The first-order chi connectivity index (χ1) is 7.67. The molecule has 0 heterocycles. The third-order valence-electron chi connectivity index (χ3n) is 2.83. The maximum Gasteiger partial charge on any atom is 0.130 e. The van der Waals surface area contributed by atoms with E-state index in [0.29, 0.717) is 6.42 Å². The third kappa shape index (κ3) is 3.69. The van der Waals surface area contributed by atoms with Crippen molar-refractivity contribution in [2.24, 2.45) is 0 Å². The molecule has 88 valence electrons. The van der Waals surface area contributed by atoms with Crippen LogP contribution in [0.1, 0.15) is 32.8 Å². The van der Waals surface area contributed by atoms with Crippen LogP contribution in [0.25, 0.3) is 0 Å². The number of hydrogen-bond acceptors (Lipinski definition) is 2. The van der Waals surface area contributed by atoms with Crippen molar-refractivity contribution in [3.63, 3.8) is 0 Å². The van der Waals surface area contributed by atoms with Crippen LogP contribution in [0.5, 0.6) is 0 Å². The van der Waals surface area contributed by atoms with Gasteiger partial charge in [-0.2, -0.15) is 0 Å². The Morgan fingerprint density at radius 2 is 1.69 bits per heavy atom. The number of ketones is 1. The van der Waals surface area contributed by atoms with Crippen molar-refractivity contribution in [2.45, 2.75) is 33.6 Å². The lowest BCUT2D eigenvalue weighted by Gasteiger charge is -2.21. The van der Waals surface area contributed by atoms with Gasteiger partial charge in [0.15, 0.2) is 0 Å². The quantitative estimate of drug-likeness (QED) is 0.733. The molecular weight excluding hydrogens is 198 g/mol. The summed E-state index contributed by atoms with van der Waals surface area (Å²) >= 11 is 0. The Bertz CT molecular complexity index is 325. The summed E-state index contributed by atoms with van der Waals surface area (Å²) in [5.41, 5.74) is 2.50. The van der Waals surface area contributed by atoms with E-state index in [2.05, 4.69) is 43.0 Å². The maximum absolute atomic E-state index is 10.9. The molecule has 0 bridgehead atoms. The number of aryl methyl sites for hydroxylation is 1. The number of rotatable bonds is 6. The number of benzene rings is 1. The Labute approximate surface area is 98.3 Å². The van der Waals surface area contributed by atoms with Crippen molar-refractivity contribution in [1.29, 1.82) is 0 Å². The zero-order valence-electron chi connectivity index (χ0n) is 10.5. The Morgan fingerprint density at radius 3 is 2.12 bits per heavy atom. The third-order valence-corrected chi connectivity index (χ3v) is 2.83. The van der Waals surface area contributed by atoms with Crippen LogP contribution in [0.2, 0.25) is 0 Å². The van der Waals surface area contributed by atoms with E-state index in [9.17, 15) is 4.79 Å². The predicted molar refractivity (Wildman–Crippen MR) is 69.0 cm³/mol. The average Bonchev–Trinajstić information content (AvgIpc) is 2.29. The van der Waals surface area contributed by atoms with Crippen LogP contribution in [0.3, 0.4) is 0 Å². The minimum Gasteiger partial charge on any atom is -0.372 e. The van der Waals surface area contributed by atoms with Gasteiger partial charge >= 0.3 is 0 Å². The van der Waals surface area contributed by atoms with Gasteiger partial charge in [0, 0.05) is 25.2 Å². The van der Waals surface area contributed by atoms with Gasteiger partial charge in [0.05, 0.1) is 0 Å². The first kappa shape index (κ1) is 12.8. The second-order valence-electron chi connectivity index (χ2n) is 4.04. The summed E-state index contributed by atoms with van der Waals surface area (Å²) in [6.45, 7) is 8.02. The van der Waals surface area contributed by atoms with E-state index in [4.69, 9.17) is 0 Å². The zero-order chi connectivity index (χ0) is 12.0. The lowest BCUT2D eigenvalue weighted by Crippen LogP contribution is -2.21. The van der Waals surface area contributed by atoms with Gasteiger partial charge in [0.2, 0.25) is 0 Å². The maximum atomic E-state index is 10.9. The molecule has 0 radical (unpaired) electrons. The molecule has 0 aliphatic carbocycles. The van der Waals surface area contributed by atoms with Crippen LogP contribution in [0, 0.1) is 0 Å². The smallest absolute Gasteiger partial charge is 0.130 e.